The van der Waals surface area contributed by atoms with Crippen LogP contribution in [0.5, 0.6) is 0 Å². The first-order valence-electron chi connectivity index (χ1n) is 7.97. The van der Waals surface area contributed by atoms with E-state index >= 15 is 0 Å². The molecule has 24 heavy (non-hydrogen) atoms. The van der Waals surface area contributed by atoms with Gasteiger partial charge in [0.15, 0.2) is 0 Å². The number of hydrogen-bond acceptors (Lipinski definition) is 5. The first-order valence-corrected chi connectivity index (χ1v) is 8.73. The quantitative estimate of drug-likeness (QED) is 0.584. The molecule has 134 valence electrons. The fourth-order valence-corrected chi connectivity index (χ4v) is 3.31. The van der Waals surface area contributed by atoms with Crippen LogP contribution in [0.15, 0.2) is 6.20 Å². The number of rotatable bonds is 2. The molecule has 6 nitrogen and oxygen atoms in total. The molecule has 2 heterocycles. The van der Waals surface area contributed by atoms with Crippen LogP contribution in [0.25, 0.3) is 0 Å². The van der Waals surface area contributed by atoms with Crippen molar-refractivity contribution >= 4 is 29.3 Å². The lowest BCUT2D eigenvalue weighted by Crippen LogP contribution is -2.59. The van der Waals surface area contributed by atoms with Gasteiger partial charge in [-0.2, -0.15) is 0 Å². The van der Waals surface area contributed by atoms with Gasteiger partial charge in [0, 0.05) is 43.5 Å². The third kappa shape index (κ3) is 4.94. The first kappa shape index (κ1) is 19.2. The number of carbonyl (C=O) groups excluding carboxylic acids is 1. The molecule has 1 aromatic heterocycles. The number of ether oxygens (including phenoxy) is 1. The molecule has 0 aromatic carbocycles. The summed E-state index contributed by atoms with van der Waals surface area (Å²) >= 11 is 11.9. The molecule has 0 bridgehead atoms. The van der Waals surface area contributed by atoms with Gasteiger partial charge in [-0.25, -0.2) is 14.8 Å². The maximum absolute atomic E-state index is 12.4. The highest BCUT2D eigenvalue weighted by atomic mass is 35.5. The highest BCUT2D eigenvalue weighted by Gasteiger charge is 2.35. The van der Waals surface area contributed by atoms with Gasteiger partial charge in [-0.15, -0.1) is 0 Å². The van der Waals surface area contributed by atoms with Crippen LogP contribution in [0.4, 0.5) is 4.79 Å². The van der Waals surface area contributed by atoms with Gasteiger partial charge in [-0.3, -0.25) is 4.90 Å². The van der Waals surface area contributed by atoms with Gasteiger partial charge in [0.05, 0.1) is 0 Å². The summed E-state index contributed by atoms with van der Waals surface area (Å²) in [5.41, 5.74) is 0.327. The SMILES string of the molecule is C[C@@H]1CN(Cc2cnc(Cl)nc2Cl)C[C@H](C)N1C(=O)OC(C)(C)C. The van der Waals surface area contributed by atoms with Crippen LogP contribution in [-0.4, -0.2) is 56.6 Å². The topological polar surface area (TPSA) is 58.6 Å². The molecule has 1 saturated heterocycles. The molecular weight excluding hydrogens is 351 g/mol. The molecule has 0 saturated carbocycles. The predicted molar refractivity (Wildman–Crippen MR) is 94.3 cm³/mol. The molecule has 0 radical (unpaired) electrons. The Labute approximate surface area is 153 Å². The molecule has 2 atom stereocenters. The summed E-state index contributed by atoms with van der Waals surface area (Å²) in [6.07, 6.45) is 1.38. The third-order valence-electron chi connectivity index (χ3n) is 3.78. The number of amides is 1. The number of nitrogens with zero attached hydrogens (tertiary/aromatic N) is 4. The first-order chi connectivity index (χ1) is 11.1. The van der Waals surface area contributed by atoms with Gasteiger partial charge >= 0.3 is 6.09 Å². The molecule has 0 aliphatic carbocycles. The second-order valence-corrected chi connectivity index (χ2v) is 7.93. The Morgan fingerprint density at radius 1 is 1.29 bits per heavy atom. The van der Waals surface area contributed by atoms with E-state index in [1.165, 1.54) is 0 Å². The number of piperazine rings is 1. The molecule has 1 amide bonds. The van der Waals surface area contributed by atoms with E-state index in [0.717, 1.165) is 18.7 Å². The average Bonchev–Trinajstić information content (AvgIpc) is 2.39. The zero-order valence-corrected chi connectivity index (χ0v) is 16.2. The van der Waals surface area contributed by atoms with E-state index in [1.54, 1.807) is 6.20 Å². The maximum Gasteiger partial charge on any atom is 0.410 e. The lowest BCUT2D eigenvalue weighted by molar-refractivity contribution is -0.0162. The molecule has 0 spiro atoms. The van der Waals surface area contributed by atoms with Crippen molar-refractivity contribution in [2.45, 2.75) is 58.8 Å². The second-order valence-electron chi connectivity index (χ2n) is 7.23. The van der Waals surface area contributed by atoms with E-state index in [4.69, 9.17) is 27.9 Å². The minimum Gasteiger partial charge on any atom is -0.444 e. The predicted octanol–water partition coefficient (Wildman–Crippen LogP) is 3.61. The lowest BCUT2D eigenvalue weighted by atomic mass is 10.1. The Hall–Kier alpha value is -1.11. The second kappa shape index (κ2) is 7.42. The third-order valence-corrected chi connectivity index (χ3v) is 4.28. The van der Waals surface area contributed by atoms with Crippen molar-refractivity contribution in [1.29, 1.82) is 0 Å². The Kier molecular flexibility index (Phi) is 5.94. The zero-order chi connectivity index (χ0) is 18.1. The van der Waals surface area contributed by atoms with E-state index in [2.05, 4.69) is 14.9 Å². The maximum atomic E-state index is 12.4. The lowest BCUT2D eigenvalue weighted by Gasteiger charge is -2.44. The van der Waals surface area contributed by atoms with Gasteiger partial charge in [-0.05, 0) is 46.2 Å². The molecule has 0 unspecified atom stereocenters. The van der Waals surface area contributed by atoms with Crippen molar-refractivity contribution in [3.8, 4) is 0 Å². The monoisotopic (exact) mass is 374 g/mol. The van der Waals surface area contributed by atoms with Crippen LogP contribution in [0.3, 0.4) is 0 Å². The van der Waals surface area contributed by atoms with E-state index < -0.39 is 5.60 Å². The molecule has 2 rings (SSSR count). The summed E-state index contributed by atoms with van der Waals surface area (Å²) in [6, 6.07) is 0.0752. The van der Waals surface area contributed by atoms with Gasteiger partial charge in [0.1, 0.15) is 10.8 Å². The summed E-state index contributed by atoms with van der Waals surface area (Å²) in [6.45, 7) is 11.7. The minimum atomic E-state index is -0.498. The normalized spacial score (nSPS) is 22.5. The number of aromatic nitrogens is 2. The van der Waals surface area contributed by atoms with Gasteiger partial charge in [0.25, 0.3) is 0 Å². The summed E-state index contributed by atoms with van der Waals surface area (Å²) in [7, 11) is 0. The highest BCUT2D eigenvalue weighted by molar-refractivity contribution is 6.32. The number of halogens is 2. The molecule has 8 heteroatoms. The van der Waals surface area contributed by atoms with Crippen molar-refractivity contribution in [3.63, 3.8) is 0 Å². The van der Waals surface area contributed by atoms with Gasteiger partial charge in [-0.1, -0.05) is 11.6 Å². The molecule has 1 aliphatic heterocycles. The van der Waals surface area contributed by atoms with Gasteiger partial charge in [0.2, 0.25) is 5.28 Å². The van der Waals surface area contributed by atoms with Crippen molar-refractivity contribution < 1.29 is 9.53 Å². The largest absolute Gasteiger partial charge is 0.444 e. The van der Waals surface area contributed by atoms with Crippen LogP contribution >= 0.6 is 23.2 Å². The smallest absolute Gasteiger partial charge is 0.410 e. The fourth-order valence-electron chi connectivity index (χ4n) is 2.95. The molecule has 1 fully saturated rings. The van der Waals surface area contributed by atoms with Crippen molar-refractivity contribution in [1.82, 2.24) is 19.8 Å². The Balaban J connectivity index is 2.03. The molecule has 1 aromatic rings. The number of carbonyl (C=O) groups is 1. The van der Waals surface area contributed by atoms with E-state index in [9.17, 15) is 4.79 Å². The molecule has 0 N–H and O–H groups in total. The number of hydrogen-bond donors (Lipinski definition) is 0. The van der Waals surface area contributed by atoms with Crippen LogP contribution < -0.4 is 0 Å². The Bertz CT molecular complexity index is 594. The van der Waals surface area contributed by atoms with E-state index in [1.807, 2.05) is 39.5 Å². The minimum absolute atomic E-state index is 0.0376. The Morgan fingerprint density at radius 3 is 2.38 bits per heavy atom. The van der Waals surface area contributed by atoms with E-state index in [-0.39, 0.29) is 23.5 Å². The van der Waals surface area contributed by atoms with Crippen molar-refractivity contribution in [3.05, 3.63) is 22.2 Å². The summed E-state index contributed by atoms with van der Waals surface area (Å²) in [4.78, 5) is 24.4. The summed E-state index contributed by atoms with van der Waals surface area (Å²) < 4.78 is 5.52. The van der Waals surface area contributed by atoms with Crippen LogP contribution in [-0.2, 0) is 11.3 Å². The van der Waals surface area contributed by atoms with Gasteiger partial charge < -0.3 is 9.64 Å². The standard InChI is InChI=1S/C16H24Cl2N4O2/c1-10-7-21(9-12-6-19-14(18)20-13(12)17)8-11(2)22(10)15(23)24-16(3,4)5/h6,10-11H,7-9H2,1-5H3/t10-,11+. The summed E-state index contributed by atoms with van der Waals surface area (Å²) in [5.74, 6) is 0. The molecular formula is C16H24Cl2N4O2. The Morgan fingerprint density at radius 2 is 1.88 bits per heavy atom. The van der Waals surface area contributed by atoms with Crippen molar-refractivity contribution in [2.24, 2.45) is 0 Å². The average molecular weight is 375 g/mol. The van der Waals surface area contributed by atoms with Crippen LogP contribution in [0, 0.1) is 0 Å². The summed E-state index contributed by atoms with van der Waals surface area (Å²) in [5, 5.41) is 0.505. The van der Waals surface area contributed by atoms with E-state index in [0.29, 0.717) is 11.7 Å². The van der Waals surface area contributed by atoms with Crippen LogP contribution in [0.2, 0.25) is 10.4 Å². The fraction of sp³-hybridized carbons (Fsp3) is 0.688. The highest BCUT2D eigenvalue weighted by Crippen LogP contribution is 2.23. The van der Waals surface area contributed by atoms with Crippen molar-refractivity contribution in [2.75, 3.05) is 13.1 Å². The van der Waals surface area contributed by atoms with Crippen LogP contribution in [0.1, 0.15) is 40.2 Å². The zero-order valence-electron chi connectivity index (χ0n) is 14.7. The molecule has 1 aliphatic rings.